The van der Waals surface area contributed by atoms with Crippen molar-refractivity contribution >= 4 is 18.0 Å². The zero-order valence-electron chi connectivity index (χ0n) is 19.3. The van der Waals surface area contributed by atoms with Gasteiger partial charge in [0.25, 0.3) is 0 Å². The average Bonchev–Trinajstić information content (AvgIpc) is 3.16. The highest BCUT2D eigenvalue weighted by Crippen LogP contribution is 2.44. The Morgan fingerprint density at radius 1 is 0.941 bits per heavy atom. The van der Waals surface area contributed by atoms with Crippen molar-refractivity contribution in [2.75, 3.05) is 13.2 Å². The van der Waals surface area contributed by atoms with Crippen molar-refractivity contribution in [1.82, 2.24) is 10.6 Å². The van der Waals surface area contributed by atoms with Crippen LogP contribution in [0.3, 0.4) is 0 Å². The number of hydrogen-bond donors (Lipinski definition) is 3. The van der Waals surface area contributed by atoms with Crippen LogP contribution in [-0.4, -0.2) is 42.3 Å². The molecule has 4 rings (SSSR count). The monoisotopic (exact) mass is 464 g/mol. The Balaban J connectivity index is 1.13. The third-order valence-electron chi connectivity index (χ3n) is 6.83. The van der Waals surface area contributed by atoms with Gasteiger partial charge < -0.3 is 20.5 Å². The van der Waals surface area contributed by atoms with Gasteiger partial charge in [-0.05, 0) is 54.4 Å². The van der Waals surface area contributed by atoms with Gasteiger partial charge in [0, 0.05) is 24.9 Å². The Morgan fingerprint density at radius 3 is 2.29 bits per heavy atom. The van der Waals surface area contributed by atoms with Crippen LogP contribution in [0.25, 0.3) is 11.1 Å². The van der Waals surface area contributed by atoms with E-state index < -0.39 is 12.1 Å². The molecule has 7 nitrogen and oxygen atoms in total. The number of fused-ring (bicyclic) bond motifs is 3. The standard InChI is InChI=1S/C27H32N2O5/c30-25(29-19-9-7-8-18(16-19)26(31)32)14-5-6-15-28-27(33)34-17-24-22-12-3-1-10-20(22)21-11-2-4-13-23(21)24/h1-4,10-13,18-19,24H,5-9,14-17H2,(H,28,33)(H,29,30)(H,31,32)/t18-,19+/m1/s1. The minimum Gasteiger partial charge on any atom is -0.481 e. The summed E-state index contributed by atoms with van der Waals surface area (Å²) >= 11 is 0. The second kappa shape index (κ2) is 11.2. The van der Waals surface area contributed by atoms with E-state index in [1.54, 1.807) is 0 Å². The molecular formula is C27H32N2O5. The van der Waals surface area contributed by atoms with Crippen molar-refractivity contribution in [3.63, 3.8) is 0 Å². The Hall–Kier alpha value is -3.35. The van der Waals surface area contributed by atoms with Gasteiger partial charge in [0.05, 0.1) is 5.92 Å². The lowest BCUT2D eigenvalue weighted by molar-refractivity contribution is -0.143. The fourth-order valence-electron chi connectivity index (χ4n) is 5.10. The molecule has 34 heavy (non-hydrogen) atoms. The third kappa shape index (κ3) is 5.76. The number of carboxylic acid groups (broad SMARTS) is 1. The minimum atomic E-state index is -0.779. The van der Waals surface area contributed by atoms with Crippen molar-refractivity contribution in [2.24, 2.45) is 5.92 Å². The number of unbranched alkanes of at least 4 members (excludes halogenated alkanes) is 1. The zero-order valence-corrected chi connectivity index (χ0v) is 19.3. The number of nitrogens with one attached hydrogen (secondary N) is 2. The summed E-state index contributed by atoms with van der Waals surface area (Å²) in [5, 5.41) is 14.9. The molecule has 0 saturated heterocycles. The topological polar surface area (TPSA) is 105 Å². The van der Waals surface area contributed by atoms with Crippen LogP contribution in [0.15, 0.2) is 48.5 Å². The van der Waals surface area contributed by atoms with E-state index in [1.165, 1.54) is 22.3 Å². The Kier molecular flexibility index (Phi) is 7.83. The summed E-state index contributed by atoms with van der Waals surface area (Å²) in [5.41, 5.74) is 4.74. The van der Waals surface area contributed by atoms with Crippen LogP contribution in [0.4, 0.5) is 4.79 Å². The molecule has 0 unspecified atom stereocenters. The van der Waals surface area contributed by atoms with Gasteiger partial charge in [0.1, 0.15) is 6.61 Å². The van der Waals surface area contributed by atoms with Gasteiger partial charge in [-0.3, -0.25) is 9.59 Å². The summed E-state index contributed by atoms with van der Waals surface area (Å²) in [6, 6.07) is 16.4. The molecule has 2 atom stereocenters. The summed E-state index contributed by atoms with van der Waals surface area (Å²) in [6.07, 6.45) is 4.07. The van der Waals surface area contributed by atoms with Gasteiger partial charge in [-0.2, -0.15) is 0 Å². The summed E-state index contributed by atoms with van der Waals surface area (Å²) in [5.74, 6) is -1.17. The van der Waals surface area contributed by atoms with E-state index >= 15 is 0 Å². The number of rotatable bonds is 9. The van der Waals surface area contributed by atoms with Crippen LogP contribution in [0.5, 0.6) is 0 Å². The molecule has 2 amide bonds. The first-order valence-electron chi connectivity index (χ1n) is 12.1. The Morgan fingerprint density at radius 2 is 1.62 bits per heavy atom. The van der Waals surface area contributed by atoms with Crippen LogP contribution >= 0.6 is 0 Å². The maximum absolute atomic E-state index is 12.2. The van der Waals surface area contributed by atoms with E-state index in [-0.39, 0.29) is 30.4 Å². The molecule has 180 valence electrons. The average molecular weight is 465 g/mol. The summed E-state index contributed by atoms with van der Waals surface area (Å²) in [4.78, 5) is 35.5. The van der Waals surface area contributed by atoms with E-state index in [9.17, 15) is 14.4 Å². The molecule has 2 aromatic rings. The van der Waals surface area contributed by atoms with E-state index in [4.69, 9.17) is 9.84 Å². The number of carbonyl (C=O) groups is 3. The van der Waals surface area contributed by atoms with Crippen molar-refractivity contribution < 1.29 is 24.2 Å². The van der Waals surface area contributed by atoms with E-state index in [0.29, 0.717) is 38.6 Å². The van der Waals surface area contributed by atoms with Gasteiger partial charge in [-0.25, -0.2) is 4.79 Å². The minimum absolute atomic E-state index is 0.0300. The van der Waals surface area contributed by atoms with E-state index in [2.05, 4.69) is 34.9 Å². The van der Waals surface area contributed by atoms with E-state index in [1.807, 2.05) is 24.3 Å². The molecule has 0 bridgehead atoms. The highest BCUT2D eigenvalue weighted by Gasteiger charge is 2.29. The second-order valence-electron chi connectivity index (χ2n) is 9.18. The molecule has 0 radical (unpaired) electrons. The lowest BCUT2D eigenvalue weighted by Crippen LogP contribution is -2.39. The van der Waals surface area contributed by atoms with Crippen molar-refractivity contribution in [1.29, 1.82) is 0 Å². The van der Waals surface area contributed by atoms with Gasteiger partial charge in [0.15, 0.2) is 0 Å². The SMILES string of the molecule is O=C(CCCCNC(=O)OCC1c2ccccc2-c2ccccc21)N[C@H]1CCC[C@@H](C(=O)O)C1. The van der Waals surface area contributed by atoms with Crippen LogP contribution in [0, 0.1) is 5.92 Å². The predicted octanol–water partition coefficient (Wildman–Crippen LogP) is 4.46. The largest absolute Gasteiger partial charge is 0.481 e. The lowest BCUT2D eigenvalue weighted by Gasteiger charge is -2.27. The molecular weight excluding hydrogens is 432 g/mol. The first-order valence-corrected chi connectivity index (χ1v) is 12.1. The van der Waals surface area contributed by atoms with Crippen LogP contribution in [0.1, 0.15) is 62.0 Å². The quantitative estimate of drug-likeness (QED) is 0.476. The molecule has 2 aromatic carbocycles. The van der Waals surface area contributed by atoms with Gasteiger partial charge >= 0.3 is 12.1 Å². The normalized spacial score (nSPS) is 19.1. The molecule has 2 aliphatic carbocycles. The number of carboxylic acids is 1. The van der Waals surface area contributed by atoms with Gasteiger partial charge in [0.2, 0.25) is 5.91 Å². The van der Waals surface area contributed by atoms with Crippen LogP contribution in [-0.2, 0) is 14.3 Å². The summed E-state index contributed by atoms with van der Waals surface area (Å²) in [7, 11) is 0. The van der Waals surface area contributed by atoms with Crippen molar-refractivity contribution in [3.05, 3.63) is 59.7 Å². The Bertz CT molecular complexity index is 992. The molecule has 3 N–H and O–H groups in total. The highest BCUT2D eigenvalue weighted by atomic mass is 16.5. The van der Waals surface area contributed by atoms with Gasteiger partial charge in [-0.1, -0.05) is 55.0 Å². The fraction of sp³-hybridized carbons (Fsp3) is 0.444. The smallest absolute Gasteiger partial charge is 0.407 e. The highest BCUT2D eigenvalue weighted by molar-refractivity contribution is 5.79. The number of amides is 2. The Labute approximate surface area is 199 Å². The molecule has 1 saturated carbocycles. The third-order valence-corrected chi connectivity index (χ3v) is 6.83. The summed E-state index contributed by atoms with van der Waals surface area (Å²) in [6.45, 7) is 0.718. The first-order chi connectivity index (χ1) is 16.5. The van der Waals surface area contributed by atoms with Crippen LogP contribution in [0.2, 0.25) is 0 Å². The predicted molar refractivity (Wildman–Crippen MR) is 128 cm³/mol. The molecule has 0 aromatic heterocycles. The number of alkyl carbamates (subject to hydrolysis) is 1. The molecule has 0 aliphatic heterocycles. The first kappa shape index (κ1) is 23.8. The number of aliphatic carboxylic acids is 1. The maximum Gasteiger partial charge on any atom is 0.407 e. The molecule has 1 fully saturated rings. The van der Waals surface area contributed by atoms with Crippen molar-refractivity contribution in [3.8, 4) is 11.1 Å². The van der Waals surface area contributed by atoms with Gasteiger partial charge in [-0.15, -0.1) is 0 Å². The molecule has 0 heterocycles. The number of carbonyl (C=O) groups excluding carboxylic acids is 2. The molecule has 0 spiro atoms. The van der Waals surface area contributed by atoms with Crippen LogP contribution < -0.4 is 10.6 Å². The van der Waals surface area contributed by atoms with Crippen molar-refractivity contribution in [2.45, 2.75) is 56.9 Å². The number of hydrogen-bond acceptors (Lipinski definition) is 4. The molecule has 2 aliphatic rings. The maximum atomic E-state index is 12.2. The number of ether oxygens (including phenoxy) is 1. The fourth-order valence-corrected chi connectivity index (χ4v) is 5.10. The zero-order chi connectivity index (χ0) is 23.9. The second-order valence-corrected chi connectivity index (χ2v) is 9.18. The number of benzene rings is 2. The van der Waals surface area contributed by atoms with E-state index in [0.717, 1.165) is 12.8 Å². The summed E-state index contributed by atoms with van der Waals surface area (Å²) < 4.78 is 5.52. The molecule has 7 heteroatoms. The lowest BCUT2D eigenvalue weighted by atomic mass is 9.86.